The Labute approximate surface area is 131 Å². The van der Waals surface area contributed by atoms with Crippen molar-refractivity contribution in [3.63, 3.8) is 0 Å². The van der Waals surface area contributed by atoms with Crippen LogP contribution in [0.5, 0.6) is 0 Å². The summed E-state index contributed by atoms with van der Waals surface area (Å²) in [6, 6.07) is 4.56. The van der Waals surface area contributed by atoms with Gasteiger partial charge in [-0.15, -0.1) is 12.4 Å². The number of nitrogens with one attached hydrogen (secondary N) is 1. The van der Waals surface area contributed by atoms with Crippen LogP contribution in [0.1, 0.15) is 23.1 Å². The maximum Gasteiger partial charge on any atom is 0.127 e. The summed E-state index contributed by atoms with van der Waals surface area (Å²) in [6.07, 6.45) is 5.81. The van der Waals surface area contributed by atoms with Gasteiger partial charge in [-0.05, 0) is 18.6 Å². The summed E-state index contributed by atoms with van der Waals surface area (Å²) in [5.41, 5.74) is 2.33. The van der Waals surface area contributed by atoms with Gasteiger partial charge in [0.05, 0.1) is 11.7 Å². The third-order valence-corrected chi connectivity index (χ3v) is 3.85. The van der Waals surface area contributed by atoms with Crippen molar-refractivity contribution in [2.45, 2.75) is 19.5 Å². The highest BCUT2D eigenvalue weighted by molar-refractivity contribution is 5.85. The van der Waals surface area contributed by atoms with Crippen LogP contribution in [0.15, 0.2) is 30.7 Å². The molecule has 1 saturated heterocycles. The summed E-state index contributed by atoms with van der Waals surface area (Å²) in [6.45, 7) is 5.92. The molecule has 21 heavy (non-hydrogen) atoms. The highest BCUT2D eigenvalue weighted by atomic mass is 35.5. The second-order valence-electron chi connectivity index (χ2n) is 5.41. The quantitative estimate of drug-likeness (QED) is 0.937. The Bertz CT molecular complexity index is 566. The zero-order valence-corrected chi connectivity index (χ0v) is 13.3. The van der Waals surface area contributed by atoms with Crippen molar-refractivity contribution in [1.82, 2.24) is 24.8 Å². The van der Waals surface area contributed by atoms with Gasteiger partial charge in [-0.2, -0.15) is 0 Å². The summed E-state index contributed by atoms with van der Waals surface area (Å²) in [5, 5.41) is 3.46. The molecule has 6 heteroatoms. The Kier molecular flexibility index (Phi) is 5.33. The second kappa shape index (κ2) is 7.02. The van der Waals surface area contributed by atoms with E-state index in [-0.39, 0.29) is 12.4 Å². The lowest BCUT2D eigenvalue weighted by Crippen LogP contribution is -2.46. The highest BCUT2D eigenvalue weighted by Crippen LogP contribution is 2.22. The van der Waals surface area contributed by atoms with Crippen LogP contribution in [0.4, 0.5) is 0 Å². The summed E-state index contributed by atoms with van der Waals surface area (Å²) in [5.74, 6) is 1.12. The number of rotatable bonds is 3. The molecule has 0 aromatic carbocycles. The maximum atomic E-state index is 4.52. The van der Waals surface area contributed by atoms with Gasteiger partial charge in [-0.25, -0.2) is 4.98 Å². The average Bonchev–Trinajstić information content (AvgIpc) is 2.88. The molecule has 1 fully saturated rings. The standard InChI is InChI=1S/C15H21N5.ClH/c1-12-3-4-13(18-9-12)11-20-8-5-16-10-14(20)15-17-6-7-19(15)2;/h3-4,6-7,9,14,16H,5,8,10-11H2,1-2H3;1H. The molecule has 0 radical (unpaired) electrons. The van der Waals surface area contributed by atoms with Crippen molar-refractivity contribution >= 4 is 12.4 Å². The van der Waals surface area contributed by atoms with Crippen LogP contribution in [0.3, 0.4) is 0 Å². The number of nitrogens with zero attached hydrogens (tertiary/aromatic N) is 4. The number of piperazine rings is 1. The topological polar surface area (TPSA) is 46.0 Å². The number of hydrogen-bond donors (Lipinski definition) is 1. The van der Waals surface area contributed by atoms with Gasteiger partial charge in [0.15, 0.2) is 0 Å². The molecule has 1 N–H and O–H groups in total. The summed E-state index contributed by atoms with van der Waals surface area (Å²) >= 11 is 0. The van der Waals surface area contributed by atoms with E-state index < -0.39 is 0 Å². The number of aryl methyl sites for hydroxylation is 2. The minimum absolute atomic E-state index is 0. The summed E-state index contributed by atoms with van der Waals surface area (Å²) in [4.78, 5) is 11.5. The fourth-order valence-electron chi connectivity index (χ4n) is 2.69. The van der Waals surface area contributed by atoms with Crippen molar-refractivity contribution in [3.05, 3.63) is 47.8 Å². The molecule has 2 aromatic rings. The molecule has 3 rings (SSSR count). The number of imidazole rings is 1. The minimum Gasteiger partial charge on any atom is -0.337 e. The molecule has 0 amide bonds. The van der Waals surface area contributed by atoms with E-state index in [1.165, 1.54) is 5.56 Å². The van der Waals surface area contributed by atoms with Crippen molar-refractivity contribution in [2.75, 3.05) is 19.6 Å². The van der Waals surface area contributed by atoms with Gasteiger partial charge in [-0.3, -0.25) is 9.88 Å². The van der Waals surface area contributed by atoms with Crippen LogP contribution in [0, 0.1) is 6.92 Å². The van der Waals surface area contributed by atoms with Crippen LogP contribution in [-0.4, -0.2) is 39.1 Å². The molecule has 1 aliphatic heterocycles. The molecule has 1 aliphatic rings. The Balaban J connectivity index is 0.00000161. The molecular weight excluding hydrogens is 286 g/mol. The molecular formula is C15H22ClN5. The van der Waals surface area contributed by atoms with Crippen LogP contribution in [0.25, 0.3) is 0 Å². The van der Waals surface area contributed by atoms with Crippen molar-refractivity contribution < 1.29 is 0 Å². The number of pyridine rings is 1. The molecule has 1 unspecified atom stereocenters. The van der Waals surface area contributed by atoms with Crippen LogP contribution >= 0.6 is 12.4 Å². The third-order valence-electron chi connectivity index (χ3n) is 3.85. The first-order valence-electron chi connectivity index (χ1n) is 7.07. The molecule has 0 spiro atoms. The molecule has 0 saturated carbocycles. The predicted octanol–water partition coefficient (Wildman–Crippen LogP) is 1.69. The lowest BCUT2D eigenvalue weighted by atomic mass is 10.1. The first-order chi connectivity index (χ1) is 9.74. The zero-order valence-electron chi connectivity index (χ0n) is 12.5. The van der Waals surface area contributed by atoms with Crippen LogP contribution < -0.4 is 5.32 Å². The van der Waals surface area contributed by atoms with Gasteiger partial charge in [0.1, 0.15) is 5.82 Å². The number of halogens is 1. The van der Waals surface area contributed by atoms with Crippen molar-refractivity contribution in [1.29, 1.82) is 0 Å². The van der Waals surface area contributed by atoms with E-state index in [0.717, 1.165) is 37.7 Å². The fraction of sp³-hybridized carbons (Fsp3) is 0.467. The average molecular weight is 308 g/mol. The summed E-state index contributed by atoms with van der Waals surface area (Å²) < 4.78 is 2.10. The smallest absolute Gasteiger partial charge is 0.127 e. The van der Waals surface area contributed by atoms with Crippen LogP contribution in [-0.2, 0) is 13.6 Å². The minimum atomic E-state index is 0. The van der Waals surface area contributed by atoms with Gasteiger partial charge < -0.3 is 9.88 Å². The molecule has 114 valence electrons. The number of hydrogen-bond acceptors (Lipinski definition) is 4. The van der Waals surface area contributed by atoms with E-state index in [0.29, 0.717) is 6.04 Å². The Morgan fingerprint density at radius 2 is 2.19 bits per heavy atom. The predicted molar refractivity (Wildman–Crippen MR) is 85.5 cm³/mol. The van der Waals surface area contributed by atoms with E-state index >= 15 is 0 Å². The van der Waals surface area contributed by atoms with E-state index in [2.05, 4.69) is 50.9 Å². The van der Waals surface area contributed by atoms with Crippen LogP contribution in [0.2, 0.25) is 0 Å². The largest absolute Gasteiger partial charge is 0.337 e. The van der Waals surface area contributed by atoms with Gasteiger partial charge in [0.25, 0.3) is 0 Å². The zero-order chi connectivity index (χ0) is 13.9. The Hall–Kier alpha value is -1.43. The Morgan fingerprint density at radius 3 is 2.86 bits per heavy atom. The van der Waals surface area contributed by atoms with Gasteiger partial charge >= 0.3 is 0 Å². The monoisotopic (exact) mass is 307 g/mol. The lowest BCUT2D eigenvalue weighted by Gasteiger charge is -2.35. The highest BCUT2D eigenvalue weighted by Gasteiger charge is 2.26. The van der Waals surface area contributed by atoms with Gasteiger partial charge in [0, 0.05) is 51.8 Å². The first kappa shape index (κ1) is 15.9. The molecule has 5 nitrogen and oxygen atoms in total. The molecule has 0 bridgehead atoms. The fourth-order valence-corrected chi connectivity index (χ4v) is 2.69. The van der Waals surface area contributed by atoms with Crippen molar-refractivity contribution in [2.24, 2.45) is 7.05 Å². The molecule has 3 heterocycles. The van der Waals surface area contributed by atoms with E-state index in [4.69, 9.17) is 0 Å². The SMILES string of the molecule is Cc1ccc(CN2CCNCC2c2nccn2C)nc1.Cl. The normalized spacial score (nSPS) is 19.2. The van der Waals surface area contributed by atoms with E-state index in [1.54, 1.807) is 0 Å². The first-order valence-corrected chi connectivity index (χ1v) is 7.07. The van der Waals surface area contributed by atoms with Crippen molar-refractivity contribution in [3.8, 4) is 0 Å². The van der Waals surface area contributed by atoms with Gasteiger partial charge in [0.2, 0.25) is 0 Å². The molecule has 0 aliphatic carbocycles. The van der Waals surface area contributed by atoms with E-state index in [1.807, 2.05) is 18.6 Å². The lowest BCUT2D eigenvalue weighted by molar-refractivity contribution is 0.143. The van der Waals surface area contributed by atoms with E-state index in [9.17, 15) is 0 Å². The second-order valence-corrected chi connectivity index (χ2v) is 5.41. The Morgan fingerprint density at radius 1 is 1.33 bits per heavy atom. The number of aromatic nitrogens is 3. The molecule has 1 atom stereocenters. The third kappa shape index (κ3) is 3.61. The van der Waals surface area contributed by atoms with Gasteiger partial charge in [-0.1, -0.05) is 6.07 Å². The molecule has 2 aromatic heterocycles. The summed E-state index contributed by atoms with van der Waals surface area (Å²) in [7, 11) is 2.05. The maximum absolute atomic E-state index is 4.52.